The van der Waals surface area contributed by atoms with E-state index in [0.29, 0.717) is 6.61 Å². The fourth-order valence-corrected chi connectivity index (χ4v) is 2.58. The van der Waals surface area contributed by atoms with E-state index in [-0.39, 0.29) is 0 Å². The average molecular weight is 279 g/mol. The van der Waals surface area contributed by atoms with Gasteiger partial charge in [-0.3, -0.25) is 0 Å². The van der Waals surface area contributed by atoms with Crippen molar-refractivity contribution >= 4 is 0 Å². The van der Waals surface area contributed by atoms with Crippen LogP contribution in [0.1, 0.15) is 24.8 Å². The van der Waals surface area contributed by atoms with Gasteiger partial charge in [0, 0.05) is 6.61 Å². The molecule has 1 heterocycles. The second kappa shape index (κ2) is 8.12. The molecular weight excluding hydrogens is 254 g/mol. The molecule has 4 heteroatoms. The monoisotopic (exact) mass is 279 g/mol. The van der Waals surface area contributed by atoms with Gasteiger partial charge in [-0.25, -0.2) is 0 Å². The lowest BCUT2D eigenvalue weighted by Crippen LogP contribution is -2.30. The zero-order valence-electron chi connectivity index (χ0n) is 12.5. The molecule has 112 valence electrons. The molecule has 4 nitrogen and oxygen atoms in total. The summed E-state index contributed by atoms with van der Waals surface area (Å²) in [5, 5.41) is 3.44. The highest BCUT2D eigenvalue weighted by atomic mass is 16.5. The van der Waals surface area contributed by atoms with Gasteiger partial charge < -0.3 is 19.5 Å². The van der Waals surface area contributed by atoms with Crippen molar-refractivity contribution in [2.24, 2.45) is 5.92 Å². The van der Waals surface area contributed by atoms with E-state index in [1.54, 1.807) is 14.2 Å². The number of methoxy groups -OCH3 is 2. The molecule has 1 aromatic rings. The van der Waals surface area contributed by atoms with Crippen LogP contribution in [0.4, 0.5) is 0 Å². The number of rotatable bonds is 7. The van der Waals surface area contributed by atoms with Crippen LogP contribution in [-0.2, 0) is 11.3 Å². The molecule has 1 saturated heterocycles. The zero-order valence-corrected chi connectivity index (χ0v) is 12.5. The lowest BCUT2D eigenvalue weighted by Gasteiger charge is -2.22. The maximum Gasteiger partial charge on any atom is 0.161 e. The standard InChI is InChI=1S/C16H25NO3/c1-18-15-6-5-14(10-16(15)19-2)12-20-9-7-13-4-3-8-17-11-13/h5-6,10,13,17H,3-4,7-9,11-12H2,1-2H3. The highest BCUT2D eigenvalue weighted by Gasteiger charge is 2.12. The Morgan fingerprint density at radius 2 is 2.05 bits per heavy atom. The van der Waals surface area contributed by atoms with Crippen LogP contribution in [0.5, 0.6) is 11.5 Å². The second-order valence-corrected chi connectivity index (χ2v) is 5.24. The lowest BCUT2D eigenvalue weighted by molar-refractivity contribution is 0.103. The first-order valence-electron chi connectivity index (χ1n) is 7.33. The molecule has 0 aliphatic carbocycles. The van der Waals surface area contributed by atoms with E-state index < -0.39 is 0 Å². The van der Waals surface area contributed by atoms with Crippen molar-refractivity contribution in [1.82, 2.24) is 5.32 Å². The summed E-state index contributed by atoms with van der Waals surface area (Å²) < 4.78 is 16.3. The number of hydrogen-bond donors (Lipinski definition) is 1. The van der Waals surface area contributed by atoms with Gasteiger partial charge in [-0.2, -0.15) is 0 Å². The Hall–Kier alpha value is -1.26. The first kappa shape index (κ1) is 15.1. The van der Waals surface area contributed by atoms with Crippen molar-refractivity contribution in [3.63, 3.8) is 0 Å². The molecule has 0 aromatic heterocycles. The highest BCUT2D eigenvalue weighted by molar-refractivity contribution is 5.42. The third-order valence-corrected chi connectivity index (χ3v) is 3.79. The van der Waals surface area contributed by atoms with Crippen LogP contribution in [0.15, 0.2) is 18.2 Å². The smallest absolute Gasteiger partial charge is 0.161 e. The Morgan fingerprint density at radius 3 is 2.75 bits per heavy atom. The Bertz CT molecular complexity index is 403. The molecule has 0 amide bonds. The molecule has 0 bridgehead atoms. The summed E-state index contributed by atoms with van der Waals surface area (Å²) in [6, 6.07) is 5.91. The summed E-state index contributed by atoms with van der Waals surface area (Å²) in [4.78, 5) is 0. The van der Waals surface area contributed by atoms with E-state index in [9.17, 15) is 0 Å². The SMILES string of the molecule is COc1ccc(COCCC2CCCNC2)cc1OC. The van der Waals surface area contributed by atoms with Crippen LogP contribution in [0, 0.1) is 5.92 Å². The van der Waals surface area contributed by atoms with Crippen LogP contribution in [0.25, 0.3) is 0 Å². The molecule has 1 aliphatic rings. The minimum absolute atomic E-state index is 0.625. The van der Waals surface area contributed by atoms with Crippen LogP contribution in [0.2, 0.25) is 0 Å². The predicted octanol–water partition coefficient (Wildman–Crippen LogP) is 2.61. The zero-order chi connectivity index (χ0) is 14.2. The summed E-state index contributed by atoms with van der Waals surface area (Å²) in [5.41, 5.74) is 1.12. The van der Waals surface area contributed by atoms with Crippen LogP contribution in [-0.4, -0.2) is 33.9 Å². The number of piperidine rings is 1. The van der Waals surface area contributed by atoms with Gasteiger partial charge in [0.15, 0.2) is 11.5 Å². The lowest BCUT2D eigenvalue weighted by atomic mass is 9.97. The van der Waals surface area contributed by atoms with Crippen molar-refractivity contribution < 1.29 is 14.2 Å². The molecule has 1 atom stereocenters. The van der Waals surface area contributed by atoms with Crippen LogP contribution in [0.3, 0.4) is 0 Å². The molecule has 1 unspecified atom stereocenters. The Balaban J connectivity index is 1.73. The van der Waals surface area contributed by atoms with Gasteiger partial charge in [0.1, 0.15) is 0 Å². The molecule has 0 spiro atoms. The molecule has 1 aliphatic heterocycles. The number of nitrogens with one attached hydrogen (secondary N) is 1. The first-order chi connectivity index (χ1) is 9.83. The third-order valence-electron chi connectivity index (χ3n) is 3.79. The number of ether oxygens (including phenoxy) is 3. The molecule has 0 saturated carbocycles. The molecule has 0 radical (unpaired) electrons. The van der Waals surface area contributed by atoms with E-state index in [1.807, 2.05) is 18.2 Å². The largest absolute Gasteiger partial charge is 0.493 e. The van der Waals surface area contributed by atoms with Crippen molar-refractivity contribution in [3.05, 3.63) is 23.8 Å². The summed E-state index contributed by atoms with van der Waals surface area (Å²) in [5.74, 6) is 2.28. The third kappa shape index (κ3) is 4.39. The molecule has 1 aromatic carbocycles. The first-order valence-corrected chi connectivity index (χ1v) is 7.33. The molecule has 20 heavy (non-hydrogen) atoms. The summed E-state index contributed by atoms with van der Waals surface area (Å²) >= 11 is 0. The van der Waals surface area contributed by atoms with E-state index >= 15 is 0 Å². The normalized spacial score (nSPS) is 18.8. The molecule has 1 fully saturated rings. The topological polar surface area (TPSA) is 39.7 Å². The van der Waals surface area contributed by atoms with Gasteiger partial charge in [-0.05, 0) is 56.0 Å². The highest BCUT2D eigenvalue weighted by Crippen LogP contribution is 2.27. The summed E-state index contributed by atoms with van der Waals surface area (Å²) in [6.45, 7) is 3.75. The summed E-state index contributed by atoms with van der Waals surface area (Å²) in [6.07, 6.45) is 3.76. The minimum atomic E-state index is 0.625. The van der Waals surface area contributed by atoms with Crippen LogP contribution < -0.4 is 14.8 Å². The molecule has 2 rings (SSSR count). The maximum atomic E-state index is 5.77. The van der Waals surface area contributed by atoms with E-state index in [2.05, 4.69) is 5.32 Å². The fraction of sp³-hybridized carbons (Fsp3) is 0.625. The van der Waals surface area contributed by atoms with E-state index in [0.717, 1.165) is 42.6 Å². The van der Waals surface area contributed by atoms with Crippen molar-refractivity contribution in [2.75, 3.05) is 33.9 Å². The van der Waals surface area contributed by atoms with Crippen molar-refractivity contribution in [2.45, 2.75) is 25.9 Å². The van der Waals surface area contributed by atoms with Gasteiger partial charge in [-0.15, -0.1) is 0 Å². The average Bonchev–Trinajstić information content (AvgIpc) is 2.52. The van der Waals surface area contributed by atoms with Gasteiger partial charge in [0.2, 0.25) is 0 Å². The van der Waals surface area contributed by atoms with Crippen molar-refractivity contribution in [3.8, 4) is 11.5 Å². The Morgan fingerprint density at radius 1 is 1.20 bits per heavy atom. The molecular formula is C16H25NO3. The quantitative estimate of drug-likeness (QED) is 0.779. The van der Waals surface area contributed by atoms with E-state index in [1.165, 1.54) is 19.4 Å². The van der Waals surface area contributed by atoms with Crippen LogP contribution >= 0.6 is 0 Å². The number of benzene rings is 1. The van der Waals surface area contributed by atoms with Gasteiger partial charge in [-0.1, -0.05) is 6.07 Å². The van der Waals surface area contributed by atoms with Gasteiger partial charge in [0.25, 0.3) is 0 Å². The fourth-order valence-electron chi connectivity index (χ4n) is 2.58. The second-order valence-electron chi connectivity index (χ2n) is 5.24. The van der Waals surface area contributed by atoms with Crippen molar-refractivity contribution in [1.29, 1.82) is 0 Å². The van der Waals surface area contributed by atoms with E-state index in [4.69, 9.17) is 14.2 Å². The van der Waals surface area contributed by atoms with Gasteiger partial charge >= 0.3 is 0 Å². The minimum Gasteiger partial charge on any atom is -0.493 e. The van der Waals surface area contributed by atoms with Gasteiger partial charge in [0.05, 0.1) is 20.8 Å². The maximum absolute atomic E-state index is 5.77. The number of hydrogen-bond acceptors (Lipinski definition) is 4. The summed E-state index contributed by atoms with van der Waals surface area (Å²) in [7, 11) is 3.30. The molecule has 1 N–H and O–H groups in total. The Labute approximate surface area is 121 Å². The predicted molar refractivity (Wildman–Crippen MR) is 79.4 cm³/mol. The Kier molecular flexibility index (Phi) is 6.15.